The Labute approximate surface area is 153 Å². The van der Waals surface area contributed by atoms with Crippen molar-refractivity contribution in [3.63, 3.8) is 0 Å². The number of aryl methyl sites for hydroxylation is 1. The summed E-state index contributed by atoms with van der Waals surface area (Å²) >= 11 is 0. The molecule has 2 aromatic carbocycles. The Morgan fingerprint density at radius 1 is 1.19 bits per heavy atom. The summed E-state index contributed by atoms with van der Waals surface area (Å²) in [6, 6.07) is 13.4. The first-order valence-corrected chi connectivity index (χ1v) is 9.04. The third kappa shape index (κ3) is 3.43. The summed E-state index contributed by atoms with van der Waals surface area (Å²) in [6.45, 7) is 2.63. The number of hydrogen-bond donors (Lipinski definition) is 1. The van der Waals surface area contributed by atoms with Crippen LogP contribution < -0.4 is 15.0 Å². The zero-order valence-electron chi connectivity index (χ0n) is 14.8. The van der Waals surface area contributed by atoms with E-state index in [4.69, 9.17) is 4.74 Å². The second-order valence-corrected chi connectivity index (χ2v) is 6.96. The summed E-state index contributed by atoms with van der Waals surface area (Å²) in [5.74, 6) is 0.904. The summed E-state index contributed by atoms with van der Waals surface area (Å²) in [5, 5.41) is 2.86. The molecule has 1 aliphatic carbocycles. The van der Waals surface area contributed by atoms with Crippen molar-refractivity contribution < 1.29 is 14.3 Å². The molecule has 1 saturated carbocycles. The first kappa shape index (κ1) is 16.6. The molecule has 134 valence electrons. The van der Waals surface area contributed by atoms with E-state index in [1.807, 2.05) is 54.3 Å². The Morgan fingerprint density at radius 2 is 2.00 bits per heavy atom. The van der Waals surface area contributed by atoms with Crippen LogP contribution in [0.5, 0.6) is 5.75 Å². The van der Waals surface area contributed by atoms with E-state index in [2.05, 4.69) is 5.32 Å². The molecule has 5 nitrogen and oxygen atoms in total. The van der Waals surface area contributed by atoms with Gasteiger partial charge >= 0.3 is 0 Å². The van der Waals surface area contributed by atoms with Crippen LogP contribution in [0.2, 0.25) is 0 Å². The third-order valence-corrected chi connectivity index (χ3v) is 4.91. The van der Waals surface area contributed by atoms with Gasteiger partial charge < -0.3 is 15.0 Å². The number of para-hydroxylation sites is 1. The molecule has 1 N–H and O–H groups in total. The maximum absolute atomic E-state index is 12.4. The van der Waals surface area contributed by atoms with Crippen LogP contribution in [-0.4, -0.2) is 25.0 Å². The number of carbonyl (C=O) groups excluding carboxylic acids is 2. The molecule has 2 aromatic rings. The first-order chi connectivity index (χ1) is 12.6. The Balaban J connectivity index is 1.41. The SMILES string of the molecule is Cc1ccccc1OCC(=O)Nc1ccc2c(c1)N(C(=O)C1CC1)CC2. The Bertz CT molecular complexity index is 858. The second kappa shape index (κ2) is 6.83. The molecule has 5 heteroatoms. The lowest BCUT2D eigenvalue weighted by Gasteiger charge is -2.18. The predicted octanol–water partition coefficient (Wildman–Crippen LogP) is 3.31. The molecule has 4 rings (SSSR count). The summed E-state index contributed by atoms with van der Waals surface area (Å²) in [4.78, 5) is 26.5. The molecular weight excluding hydrogens is 328 g/mol. The van der Waals surface area contributed by atoms with Gasteiger partial charge in [0.2, 0.25) is 5.91 Å². The van der Waals surface area contributed by atoms with Crippen molar-refractivity contribution in [2.75, 3.05) is 23.4 Å². The van der Waals surface area contributed by atoms with Crippen molar-refractivity contribution in [3.05, 3.63) is 53.6 Å². The smallest absolute Gasteiger partial charge is 0.262 e. The van der Waals surface area contributed by atoms with Gasteiger partial charge in [-0.05, 0) is 55.5 Å². The standard InChI is InChI=1S/C21H22N2O3/c1-14-4-2-3-5-19(14)26-13-20(24)22-17-9-8-15-10-11-23(18(15)12-17)21(25)16-6-7-16/h2-5,8-9,12,16H,6-7,10-11,13H2,1H3,(H,22,24). The van der Waals surface area contributed by atoms with E-state index in [0.29, 0.717) is 11.4 Å². The van der Waals surface area contributed by atoms with Crippen LogP contribution in [0.3, 0.4) is 0 Å². The van der Waals surface area contributed by atoms with Crippen molar-refractivity contribution in [1.29, 1.82) is 0 Å². The number of ether oxygens (including phenoxy) is 1. The zero-order valence-corrected chi connectivity index (χ0v) is 14.8. The normalized spacial score (nSPS) is 15.5. The molecule has 1 fully saturated rings. The fourth-order valence-electron chi connectivity index (χ4n) is 3.30. The molecule has 1 heterocycles. The fraction of sp³-hybridized carbons (Fsp3) is 0.333. The zero-order chi connectivity index (χ0) is 18.1. The molecule has 2 aliphatic rings. The third-order valence-electron chi connectivity index (χ3n) is 4.91. The van der Waals surface area contributed by atoms with E-state index in [-0.39, 0.29) is 24.3 Å². The molecule has 0 bridgehead atoms. The molecule has 0 aromatic heterocycles. The maximum atomic E-state index is 12.4. The van der Waals surface area contributed by atoms with E-state index < -0.39 is 0 Å². The highest BCUT2D eigenvalue weighted by atomic mass is 16.5. The quantitative estimate of drug-likeness (QED) is 0.900. The van der Waals surface area contributed by atoms with Crippen LogP contribution in [0.25, 0.3) is 0 Å². The van der Waals surface area contributed by atoms with Gasteiger partial charge in [0.1, 0.15) is 5.75 Å². The topological polar surface area (TPSA) is 58.6 Å². The molecule has 1 aliphatic heterocycles. The molecule has 26 heavy (non-hydrogen) atoms. The lowest BCUT2D eigenvalue weighted by Crippen LogP contribution is -2.30. The molecule has 0 saturated heterocycles. The largest absolute Gasteiger partial charge is 0.483 e. The summed E-state index contributed by atoms with van der Waals surface area (Å²) < 4.78 is 5.59. The molecule has 0 radical (unpaired) electrons. The van der Waals surface area contributed by atoms with E-state index in [1.54, 1.807) is 0 Å². The average Bonchev–Trinajstić information content (AvgIpc) is 3.40. The van der Waals surface area contributed by atoms with Crippen molar-refractivity contribution >= 4 is 23.2 Å². The molecular formula is C21H22N2O3. The number of anilines is 2. The van der Waals surface area contributed by atoms with Gasteiger partial charge in [-0.3, -0.25) is 9.59 Å². The van der Waals surface area contributed by atoms with Crippen LogP contribution in [0.4, 0.5) is 11.4 Å². The monoisotopic (exact) mass is 350 g/mol. The number of nitrogens with zero attached hydrogens (tertiary/aromatic N) is 1. The second-order valence-electron chi connectivity index (χ2n) is 6.96. The van der Waals surface area contributed by atoms with Gasteiger partial charge in [0.15, 0.2) is 6.61 Å². The predicted molar refractivity (Wildman–Crippen MR) is 101 cm³/mol. The van der Waals surface area contributed by atoms with Crippen molar-refractivity contribution in [1.82, 2.24) is 0 Å². The number of rotatable bonds is 5. The number of benzene rings is 2. The van der Waals surface area contributed by atoms with Crippen LogP contribution in [0, 0.1) is 12.8 Å². The maximum Gasteiger partial charge on any atom is 0.262 e. The lowest BCUT2D eigenvalue weighted by molar-refractivity contribution is -0.119. The van der Waals surface area contributed by atoms with E-state index >= 15 is 0 Å². The lowest BCUT2D eigenvalue weighted by atomic mass is 10.1. The minimum absolute atomic E-state index is 0.0490. The van der Waals surface area contributed by atoms with Crippen molar-refractivity contribution in [3.8, 4) is 5.75 Å². The molecule has 2 amide bonds. The first-order valence-electron chi connectivity index (χ1n) is 9.04. The number of carbonyl (C=O) groups is 2. The highest BCUT2D eigenvalue weighted by Gasteiger charge is 2.36. The van der Waals surface area contributed by atoms with Gasteiger partial charge in [-0.15, -0.1) is 0 Å². The van der Waals surface area contributed by atoms with Gasteiger partial charge in [-0.25, -0.2) is 0 Å². The Hall–Kier alpha value is -2.82. The van der Waals surface area contributed by atoms with Crippen LogP contribution in [0.15, 0.2) is 42.5 Å². The van der Waals surface area contributed by atoms with Crippen molar-refractivity contribution in [2.24, 2.45) is 5.92 Å². The summed E-state index contributed by atoms with van der Waals surface area (Å²) in [6.07, 6.45) is 2.87. The molecule has 0 spiro atoms. The van der Waals surface area contributed by atoms with E-state index in [9.17, 15) is 9.59 Å². The number of amides is 2. The molecule has 0 unspecified atom stereocenters. The molecule has 0 atom stereocenters. The number of hydrogen-bond acceptors (Lipinski definition) is 3. The average molecular weight is 350 g/mol. The van der Waals surface area contributed by atoms with Crippen LogP contribution >= 0.6 is 0 Å². The summed E-state index contributed by atoms with van der Waals surface area (Å²) in [5.41, 5.74) is 3.78. The minimum Gasteiger partial charge on any atom is -0.483 e. The number of fused-ring (bicyclic) bond motifs is 1. The Kier molecular flexibility index (Phi) is 4.37. The van der Waals surface area contributed by atoms with Gasteiger partial charge in [0.25, 0.3) is 5.91 Å². The van der Waals surface area contributed by atoms with E-state index in [1.165, 1.54) is 0 Å². The van der Waals surface area contributed by atoms with E-state index in [0.717, 1.165) is 42.6 Å². The fourth-order valence-corrected chi connectivity index (χ4v) is 3.30. The number of nitrogens with one attached hydrogen (secondary N) is 1. The summed E-state index contributed by atoms with van der Waals surface area (Å²) in [7, 11) is 0. The van der Waals surface area contributed by atoms with Gasteiger partial charge in [0, 0.05) is 23.8 Å². The van der Waals surface area contributed by atoms with Gasteiger partial charge in [-0.1, -0.05) is 24.3 Å². The van der Waals surface area contributed by atoms with Crippen LogP contribution in [0.1, 0.15) is 24.0 Å². The van der Waals surface area contributed by atoms with Crippen molar-refractivity contribution in [2.45, 2.75) is 26.2 Å². The highest BCUT2D eigenvalue weighted by Crippen LogP contribution is 2.37. The highest BCUT2D eigenvalue weighted by molar-refractivity contribution is 5.99. The van der Waals surface area contributed by atoms with Crippen LogP contribution in [-0.2, 0) is 16.0 Å². The minimum atomic E-state index is -0.216. The van der Waals surface area contributed by atoms with Gasteiger partial charge in [0.05, 0.1) is 0 Å². The van der Waals surface area contributed by atoms with Gasteiger partial charge in [-0.2, -0.15) is 0 Å². The Morgan fingerprint density at radius 3 is 2.77 bits per heavy atom.